The van der Waals surface area contributed by atoms with Gasteiger partial charge < -0.3 is 9.47 Å². The number of rotatable bonds is 5. The molecule has 0 spiro atoms. The van der Waals surface area contributed by atoms with E-state index in [-0.39, 0.29) is 16.8 Å². The van der Waals surface area contributed by atoms with Crippen LogP contribution in [0.1, 0.15) is 61.9 Å². The summed E-state index contributed by atoms with van der Waals surface area (Å²) in [7, 11) is 1.40. The number of fused-ring (bicyclic) bond motifs is 2. The molecule has 0 amide bonds. The maximum Gasteiger partial charge on any atom is 0.337 e. The van der Waals surface area contributed by atoms with Crippen molar-refractivity contribution in [3.63, 3.8) is 0 Å². The van der Waals surface area contributed by atoms with E-state index in [0.29, 0.717) is 12.2 Å². The zero-order valence-electron chi connectivity index (χ0n) is 17.8. The van der Waals surface area contributed by atoms with Gasteiger partial charge in [-0.25, -0.2) is 4.79 Å². The summed E-state index contributed by atoms with van der Waals surface area (Å²) in [5.74, 6) is 2.05. The highest BCUT2D eigenvalue weighted by molar-refractivity contribution is 5.89. The molecule has 2 aliphatic carbocycles. The number of hydrogen-bond donors (Lipinski definition) is 0. The molecule has 3 nitrogen and oxygen atoms in total. The van der Waals surface area contributed by atoms with Crippen LogP contribution in [-0.2, 0) is 10.2 Å². The lowest BCUT2D eigenvalue weighted by Crippen LogP contribution is -2.48. The molecule has 0 saturated heterocycles. The second-order valence-electron chi connectivity index (χ2n) is 9.76. The molecule has 2 aliphatic rings. The van der Waals surface area contributed by atoms with Gasteiger partial charge in [0, 0.05) is 5.41 Å². The van der Waals surface area contributed by atoms with E-state index >= 15 is 0 Å². The van der Waals surface area contributed by atoms with Crippen molar-refractivity contribution in [3.05, 3.63) is 65.7 Å². The van der Waals surface area contributed by atoms with Crippen LogP contribution < -0.4 is 4.74 Å². The molecule has 0 N–H and O–H groups in total. The average Bonchev–Trinajstić information content (AvgIpc) is 2.72. The van der Waals surface area contributed by atoms with Gasteiger partial charge in [0.2, 0.25) is 0 Å². The summed E-state index contributed by atoms with van der Waals surface area (Å²) in [6, 6.07) is 18.4. The van der Waals surface area contributed by atoms with Gasteiger partial charge in [-0.2, -0.15) is 0 Å². The summed E-state index contributed by atoms with van der Waals surface area (Å²) in [6.45, 7) is 5.53. The maximum absolute atomic E-state index is 11.6. The lowest BCUT2D eigenvalue weighted by Gasteiger charge is -2.54. The molecule has 2 aromatic rings. The molecule has 154 valence electrons. The van der Waals surface area contributed by atoms with E-state index in [4.69, 9.17) is 9.47 Å². The molecule has 4 unspecified atom stereocenters. The first-order valence-corrected chi connectivity index (χ1v) is 10.8. The van der Waals surface area contributed by atoms with Crippen molar-refractivity contribution in [1.82, 2.24) is 0 Å². The topological polar surface area (TPSA) is 35.5 Å². The number of esters is 1. The number of methoxy groups -OCH3 is 1. The van der Waals surface area contributed by atoms with E-state index in [2.05, 4.69) is 44.2 Å². The highest BCUT2D eigenvalue weighted by Crippen LogP contribution is 2.58. The van der Waals surface area contributed by atoms with Crippen LogP contribution in [0, 0.1) is 17.3 Å². The van der Waals surface area contributed by atoms with E-state index in [1.807, 2.05) is 12.1 Å². The first-order valence-electron chi connectivity index (χ1n) is 10.8. The van der Waals surface area contributed by atoms with E-state index in [1.165, 1.54) is 44.8 Å². The quantitative estimate of drug-likeness (QED) is 0.583. The van der Waals surface area contributed by atoms with Crippen LogP contribution in [0.4, 0.5) is 0 Å². The summed E-state index contributed by atoms with van der Waals surface area (Å²) in [6.07, 6.45) is 6.32. The zero-order valence-corrected chi connectivity index (χ0v) is 17.8. The van der Waals surface area contributed by atoms with Crippen LogP contribution in [0.5, 0.6) is 5.75 Å². The first-order chi connectivity index (χ1) is 13.9. The van der Waals surface area contributed by atoms with Crippen LogP contribution in [-0.4, -0.2) is 19.7 Å². The Morgan fingerprint density at radius 3 is 2.45 bits per heavy atom. The standard InChI is InChI=1S/C26H32O3/c1-19-13-20-15-25(2,17-26(14-19,16-20)22-7-5-4-6-8-22)18-29-23-11-9-21(10-12-23)24(27)28-3/h4-12,19-20H,13-18H2,1-3H3. The van der Waals surface area contributed by atoms with Gasteiger partial charge in [0.25, 0.3) is 0 Å². The van der Waals surface area contributed by atoms with Crippen molar-refractivity contribution in [2.24, 2.45) is 17.3 Å². The van der Waals surface area contributed by atoms with Crippen LogP contribution in [0.25, 0.3) is 0 Å². The Balaban J connectivity index is 1.51. The second kappa shape index (κ2) is 7.85. The third kappa shape index (κ3) is 4.19. The van der Waals surface area contributed by atoms with Gasteiger partial charge in [0.15, 0.2) is 0 Å². The highest BCUT2D eigenvalue weighted by atomic mass is 16.5. The van der Waals surface area contributed by atoms with Gasteiger partial charge in [0.05, 0.1) is 19.3 Å². The molecular weight excluding hydrogens is 360 g/mol. The van der Waals surface area contributed by atoms with Crippen LogP contribution in [0.2, 0.25) is 0 Å². The predicted molar refractivity (Wildman–Crippen MR) is 115 cm³/mol. The normalized spacial score (nSPS) is 31.1. The summed E-state index contributed by atoms with van der Waals surface area (Å²) >= 11 is 0. The third-order valence-corrected chi connectivity index (χ3v) is 6.95. The van der Waals surface area contributed by atoms with Gasteiger partial charge in [-0.05, 0) is 79.2 Å². The Labute approximate surface area is 174 Å². The molecule has 0 aromatic heterocycles. The monoisotopic (exact) mass is 392 g/mol. The smallest absolute Gasteiger partial charge is 0.337 e. The maximum atomic E-state index is 11.6. The summed E-state index contributed by atoms with van der Waals surface area (Å²) in [5, 5.41) is 0. The van der Waals surface area contributed by atoms with Gasteiger partial charge in [0.1, 0.15) is 5.75 Å². The second-order valence-corrected chi connectivity index (χ2v) is 9.76. The zero-order chi connectivity index (χ0) is 20.5. The van der Waals surface area contributed by atoms with Gasteiger partial charge in [-0.3, -0.25) is 0 Å². The molecule has 0 aliphatic heterocycles. The van der Waals surface area contributed by atoms with E-state index in [9.17, 15) is 4.79 Å². The van der Waals surface area contributed by atoms with Crippen LogP contribution in [0.15, 0.2) is 54.6 Å². The molecular formula is C26H32O3. The van der Waals surface area contributed by atoms with Crippen molar-refractivity contribution < 1.29 is 14.3 Å². The fourth-order valence-electron chi connectivity index (χ4n) is 6.23. The number of carbonyl (C=O) groups is 1. The molecule has 4 rings (SSSR count). The van der Waals surface area contributed by atoms with Gasteiger partial charge in [-0.1, -0.05) is 44.2 Å². The van der Waals surface area contributed by atoms with E-state index < -0.39 is 0 Å². The Kier molecular flexibility index (Phi) is 5.42. The molecule has 4 atom stereocenters. The molecule has 2 bridgehead atoms. The molecule has 0 heterocycles. The fourth-order valence-corrected chi connectivity index (χ4v) is 6.23. The number of hydrogen-bond acceptors (Lipinski definition) is 3. The van der Waals surface area contributed by atoms with Crippen molar-refractivity contribution in [2.45, 2.75) is 51.4 Å². The summed E-state index contributed by atoms with van der Waals surface area (Å²) in [4.78, 5) is 11.6. The number of carbonyl (C=O) groups excluding carboxylic acids is 1. The molecule has 0 radical (unpaired) electrons. The Morgan fingerprint density at radius 2 is 1.76 bits per heavy atom. The fraction of sp³-hybridized carbons (Fsp3) is 0.500. The number of ether oxygens (including phenoxy) is 2. The van der Waals surface area contributed by atoms with Crippen LogP contribution >= 0.6 is 0 Å². The molecule has 3 heteroatoms. The van der Waals surface area contributed by atoms with Crippen molar-refractivity contribution in [1.29, 1.82) is 0 Å². The van der Waals surface area contributed by atoms with Crippen molar-refractivity contribution in [2.75, 3.05) is 13.7 Å². The minimum atomic E-state index is -0.317. The number of benzene rings is 2. The van der Waals surface area contributed by atoms with Crippen LogP contribution in [0.3, 0.4) is 0 Å². The predicted octanol–water partition coefficient (Wildman–Crippen LogP) is 6.03. The Hall–Kier alpha value is -2.29. The average molecular weight is 393 g/mol. The molecule has 2 aromatic carbocycles. The first kappa shape index (κ1) is 20.0. The minimum absolute atomic E-state index is 0.153. The molecule has 2 saturated carbocycles. The third-order valence-electron chi connectivity index (χ3n) is 6.95. The van der Waals surface area contributed by atoms with Gasteiger partial charge in [-0.15, -0.1) is 0 Å². The van der Waals surface area contributed by atoms with Crippen molar-refractivity contribution in [3.8, 4) is 5.75 Å². The summed E-state index contributed by atoms with van der Waals surface area (Å²) < 4.78 is 11.0. The SMILES string of the molecule is COC(=O)c1ccc(OCC2(C)CC3CC(C)CC(c4ccccc4)(C3)C2)cc1. The Bertz CT molecular complexity index is 840. The largest absolute Gasteiger partial charge is 0.493 e. The molecule has 29 heavy (non-hydrogen) atoms. The highest BCUT2D eigenvalue weighted by Gasteiger charge is 2.50. The van der Waals surface area contributed by atoms with E-state index in [0.717, 1.165) is 17.6 Å². The lowest BCUT2D eigenvalue weighted by atomic mass is 9.50. The van der Waals surface area contributed by atoms with Crippen molar-refractivity contribution >= 4 is 5.97 Å². The molecule has 2 fully saturated rings. The Morgan fingerprint density at radius 1 is 1.03 bits per heavy atom. The minimum Gasteiger partial charge on any atom is -0.493 e. The summed E-state index contributed by atoms with van der Waals surface area (Å²) in [5.41, 5.74) is 2.48. The van der Waals surface area contributed by atoms with E-state index in [1.54, 1.807) is 12.1 Å². The lowest BCUT2D eigenvalue weighted by molar-refractivity contribution is -0.00598. The van der Waals surface area contributed by atoms with Gasteiger partial charge >= 0.3 is 5.97 Å².